The van der Waals surface area contributed by atoms with Crippen LogP contribution in [0.3, 0.4) is 0 Å². The zero-order valence-corrected chi connectivity index (χ0v) is 8.50. The third-order valence-corrected chi connectivity index (χ3v) is 2.15. The molecule has 3 heteroatoms. The van der Waals surface area contributed by atoms with Crippen LogP contribution in [0.25, 0.3) is 0 Å². The van der Waals surface area contributed by atoms with Crippen LogP contribution in [0.2, 0.25) is 0 Å². The maximum Gasteiger partial charge on any atom is 0.150 e. The average Bonchev–Trinajstić information content (AvgIpc) is 2.20. The predicted molar refractivity (Wildman–Crippen MR) is 59.1 cm³/mol. The lowest BCUT2D eigenvalue weighted by Gasteiger charge is -2.11. The SMILES string of the molecule is C=NNc1c(C)cc(C=O)cc1CC. The van der Waals surface area contributed by atoms with E-state index in [2.05, 4.69) is 17.2 Å². The van der Waals surface area contributed by atoms with Gasteiger partial charge in [0.1, 0.15) is 6.29 Å². The molecule has 3 nitrogen and oxygen atoms in total. The van der Waals surface area contributed by atoms with E-state index >= 15 is 0 Å². The van der Waals surface area contributed by atoms with Gasteiger partial charge in [-0.15, -0.1) is 0 Å². The molecule has 0 aliphatic heterocycles. The maximum absolute atomic E-state index is 10.6. The number of aryl methyl sites for hydroxylation is 2. The summed E-state index contributed by atoms with van der Waals surface area (Å²) < 4.78 is 0. The first kappa shape index (κ1) is 10.4. The summed E-state index contributed by atoms with van der Waals surface area (Å²) in [7, 11) is 0. The number of carbonyl (C=O) groups is 1. The summed E-state index contributed by atoms with van der Waals surface area (Å²) in [5.41, 5.74) is 6.59. The number of nitrogens with one attached hydrogen (secondary N) is 1. The first-order valence-corrected chi connectivity index (χ1v) is 4.53. The molecule has 0 spiro atoms. The average molecular weight is 190 g/mol. The van der Waals surface area contributed by atoms with Crippen LogP contribution in [-0.4, -0.2) is 13.0 Å². The van der Waals surface area contributed by atoms with E-state index in [1.807, 2.05) is 26.0 Å². The molecule has 1 aromatic rings. The van der Waals surface area contributed by atoms with Crippen molar-refractivity contribution in [2.75, 3.05) is 5.43 Å². The maximum atomic E-state index is 10.6. The molecule has 0 saturated heterocycles. The van der Waals surface area contributed by atoms with E-state index in [4.69, 9.17) is 0 Å². The molecule has 0 amide bonds. The minimum Gasteiger partial charge on any atom is -0.298 e. The monoisotopic (exact) mass is 190 g/mol. The second kappa shape index (κ2) is 4.56. The molecule has 0 unspecified atom stereocenters. The standard InChI is InChI=1S/C11H14N2O/c1-4-10-6-9(7-14)5-8(2)11(10)13-12-3/h5-7,13H,3-4H2,1-2H3. The minimum atomic E-state index is 0.703. The highest BCUT2D eigenvalue weighted by Crippen LogP contribution is 2.22. The highest BCUT2D eigenvalue weighted by Gasteiger charge is 2.05. The van der Waals surface area contributed by atoms with E-state index in [0.717, 1.165) is 29.5 Å². The Labute approximate surface area is 83.8 Å². The molecule has 0 heterocycles. The van der Waals surface area contributed by atoms with Crippen molar-refractivity contribution in [3.05, 3.63) is 28.8 Å². The van der Waals surface area contributed by atoms with Crippen LogP contribution in [0.1, 0.15) is 28.4 Å². The van der Waals surface area contributed by atoms with Crippen molar-refractivity contribution >= 4 is 18.7 Å². The van der Waals surface area contributed by atoms with Crippen LogP contribution in [0.15, 0.2) is 17.2 Å². The molecule has 0 aromatic heterocycles. The molecule has 0 aliphatic carbocycles. The molecule has 1 rings (SSSR count). The fraction of sp³-hybridized carbons (Fsp3) is 0.273. The Bertz CT molecular complexity index is 359. The number of aldehydes is 1. The quantitative estimate of drug-likeness (QED) is 0.450. The first-order valence-electron chi connectivity index (χ1n) is 4.53. The lowest BCUT2D eigenvalue weighted by molar-refractivity contribution is 0.112. The highest BCUT2D eigenvalue weighted by atomic mass is 16.1. The van der Waals surface area contributed by atoms with Crippen LogP contribution >= 0.6 is 0 Å². The number of hydrogen-bond donors (Lipinski definition) is 1. The van der Waals surface area contributed by atoms with Gasteiger partial charge in [-0.25, -0.2) is 0 Å². The summed E-state index contributed by atoms with van der Waals surface area (Å²) in [4.78, 5) is 10.6. The minimum absolute atomic E-state index is 0.703. The fourth-order valence-electron chi connectivity index (χ4n) is 1.48. The molecule has 14 heavy (non-hydrogen) atoms. The number of hydrogen-bond acceptors (Lipinski definition) is 3. The number of benzene rings is 1. The van der Waals surface area contributed by atoms with Crippen LogP contribution in [0, 0.1) is 6.92 Å². The Hall–Kier alpha value is -1.64. The summed E-state index contributed by atoms with van der Waals surface area (Å²) in [6.45, 7) is 7.37. The lowest BCUT2D eigenvalue weighted by atomic mass is 10.0. The van der Waals surface area contributed by atoms with Crippen LogP contribution in [-0.2, 0) is 6.42 Å². The molecule has 0 radical (unpaired) electrons. The number of nitrogens with zero attached hydrogens (tertiary/aromatic N) is 1. The lowest BCUT2D eigenvalue weighted by Crippen LogP contribution is -1.98. The molecule has 0 fully saturated rings. The van der Waals surface area contributed by atoms with Crippen molar-refractivity contribution in [1.29, 1.82) is 0 Å². The van der Waals surface area contributed by atoms with Crippen molar-refractivity contribution in [1.82, 2.24) is 0 Å². The van der Waals surface area contributed by atoms with Crippen molar-refractivity contribution in [2.45, 2.75) is 20.3 Å². The van der Waals surface area contributed by atoms with Gasteiger partial charge in [-0.05, 0) is 36.6 Å². The Balaban J connectivity index is 3.26. The van der Waals surface area contributed by atoms with E-state index in [9.17, 15) is 4.79 Å². The third-order valence-electron chi connectivity index (χ3n) is 2.15. The molecule has 0 saturated carbocycles. The van der Waals surface area contributed by atoms with E-state index < -0.39 is 0 Å². The van der Waals surface area contributed by atoms with Gasteiger partial charge in [0, 0.05) is 12.3 Å². The second-order valence-electron chi connectivity index (χ2n) is 3.11. The van der Waals surface area contributed by atoms with Crippen LogP contribution in [0.5, 0.6) is 0 Å². The third kappa shape index (κ3) is 1.99. The van der Waals surface area contributed by atoms with Crippen LogP contribution < -0.4 is 5.43 Å². The molecule has 0 atom stereocenters. The summed E-state index contributed by atoms with van der Waals surface area (Å²) in [6, 6.07) is 3.70. The normalized spacial score (nSPS) is 9.57. The van der Waals surface area contributed by atoms with Gasteiger partial charge in [0.15, 0.2) is 0 Å². The Kier molecular flexibility index (Phi) is 3.40. The highest BCUT2D eigenvalue weighted by molar-refractivity contribution is 5.78. The zero-order valence-electron chi connectivity index (χ0n) is 8.50. The van der Waals surface area contributed by atoms with Gasteiger partial charge in [-0.3, -0.25) is 10.2 Å². The Morgan fingerprint density at radius 3 is 2.79 bits per heavy atom. The number of rotatable bonds is 4. The van der Waals surface area contributed by atoms with Gasteiger partial charge >= 0.3 is 0 Å². The van der Waals surface area contributed by atoms with Gasteiger partial charge in [-0.2, -0.15) is 5.10 Å². The number of anilines is 1. The summed E-state index contributed by atoms with van der Waals surface area (Å²) in [5, 5.41) is 3.64. The van der Waals surface area contributed by atoms with Crippen molar-refractivity contribution in [3.63, 3.8) is 0 Å². The molecule has 1 aromatic carbocycles. The van der Waals surface area contributed by atoms with Crippen molar-refractivity contribution in [2.24, 2.45) is 5.10 Å². The molecule has 74 valence electrons. The smallest absolute Gasteiger partial charge is 0.150 e. The second-order valence-corrected chi connectivity index (χ2v) is 3.11. The van der Waals surface area contributed by atoms with Crippen molar-refractivity contribution < 1.29 is 4.79 Å². The van der Waals surface area contributed by atoms with Gasteiger partial charge in [0.25, 0.3) is 0 Å². The molecule has 0 aliphatic rings. The van der Waals surface area contributed by atoms with E-state index in [1.165, 1.54) is 0 Å². The van der Waals surface area contributed by atoms with Gasteiger partial charge < -0.3 is 0 Å². The number of hydrazone groups is 1. The van der Waals surface area contributed by atoms with Crippen molar-refractivity contribution in [3.8, 4) is 0 Å². The van der Waals surface area contributed by atoms with E-state index in [0.29, 0.717) is 5.56 Å². The van der Waals surface area contributed by atoms with E-state index in [1.54, 1.807) is 0 Å². The predicted octanol–water partition coefficient (Wildman–Crippen LogP) is 2.40. The molecule has 1 N–H and O–H groups in total. The van der Waals surface area contributed by atoms with Gasteiger partial charge in [0.05, 0.1) is 5.69 Å². The largest absolute Gasteiger partial charge is 0.298 e. The Morgan fingerprint density at radius 2 is 2.29 bits per heavy atom. The molecular formula is C11H14N2O. The molecule has 0 bridgehead atoms. The zero-order chi connectivity index (χ0) is 10.6. The van der Waals surface area contributed by atoms with Gasteiger partial charge in [0.2, 0.25) is 0 Å². The summed E-state index contributed by atoms with van der Waals surface area (Å²) >= 11 is 0. The number of carbonyl (C=O) groups excluding carboxylic acids is 1. The molecular weight excluding hydrogens is 176 g/mol. The topological polar surface area (TPSA) is 41.5 Å². The van der Waals surface area contributed by atoms with Crippen LogP contribution in [0.4, 0.5) is 5.69 Å². The Morgan fingerprint density at radius 1 is 1.57 bits per heavy atom. The summed E-state index contributed by atoms with van der Waals surface area (Å²) in [5.74, 6) is 0. The van der Waals surface area contributed by atoms with E-state index in [-0.39, 0.29) is 0 Å². The summed E-state index contributed by atoms with van der Waals surface area (Å²) in [6.07, 6.45) is 1.72. The first-order chi connectivity index (χ1) is 6.72. The van der Waals surface area contributed by atoms with Gasteiger partial charge in [-0.1, -0.05) is 6.92 Å². The fourth-order valence-corrected chi connectivity index (χ4v) is 1.48.